The van der Waals surface area contributed by atoms with Crippen LogP contribution >= 0.6 is 0 Å². The third-order valence-electron chi connectivity index (χ3n) is 3.33. The van der Waals surface area contributed by atoms with Gasteiger partial charge in [-0.1, -0.05) is 42.5 Å². The molecule has 5 heteroatoms. The number of nitrogens with one attached hydrogen (secondary N) is 1. The van der Waals surface area contributed by atoms with Crippen molar-refractivity contribution in [2.24, 2.45) is 5.10 Å². The highest BCUT2D eigenvalue weighted by atomic mass is 16.6. The SMILES string of the molecule is C/C(=N\NC(=O)[C@H]1COc2ccccc2O1)c1ccccc1. The van der Waals surface area contributed by atoms with Gasteiger partial charge in [-0.25, -0.2) is 5.43 Å². The van der Waals surface area contributed by atoms with Crippen LogP contribution in [0.25, 0.3) is 0 Å². The largest absolute Gasteiger partial charge is 0.485 e. The molecule has 0 aromatic heterocycles. The molecule has 0 saturated heterocycles. The van der Waals surface area contributed by atoms with Gasteiger partial charge in [0.15, 0.2) is 11.5 Å². The standard InChI is InChI=1S/C17H16N2O3/c1-12(13-7-3-2-4-8-13)18-19-17(20)16-11-21-14-9-5-6-10-15(14)22-16/h2-10,16H,11H2,1H3,(H,19,20)/b18-12+/t16-/m1/s1. The maximum absolute atomic E-state index is 12.1. The zero-order chi connectivity index (χ0) is 15.4. The average Bonchev–Trinajstić information content (AvgIpc) is 2.59. The highest BCUT2D eigenvalue weighted by molar-refractivity contribution is 5.99. The predicted molar refractivity (Wildman–Crippen MR) is 83.1 cm³/mol. The van der Waals surface area contributed by atoms with E-state index >= 15 is 0 Å². The molecule has 22 heavy (non-hydrogen) atoms. The summed E-state index contributed by atoms with van der Waals surface area (Å²) in [6, 6.07) is 16.9. The number of carbonyl (C=O) groups excluding carboxylic acids is 1. The number of ether oxygens (including phenoxy) is 2. The van der Waals surface area contributed by atoms with Crippen LogP contribution in [0.15, 0.2) is 59.7 Å². The van der Waals surface area contributed by atoms with Crippen LogP contribution in [0, 0.1) is 0 Å². The van der Waals surface area contributed by atoms with Gasteiger partial charge >= 0.3 is 0 Å². The first kappa shape index (κ1) is 14.1. The van der Waals surface area contributed by atoms with Crippen molar-refractivity contribution in [2.45, 2.75) is 13.0 Å². The second kappa shape index (κ2) is 6.30. The molecule has 1 heterocycles. The first-order valence-corrected chi connectivity index (χ1v) is 7.02. The Labute approximate surface area is 128 Å². The van der Waals surface area contributed by atoms with Gasteiger partial charge in [0, 0.05) is 0 Å². The van der Waals surface area contributed by atoms with Crippen LogP contribution in [-0.4, -0.2) is 24.3 Å². The number of hydrogen-bond donors (Lipinski definition) is 1. The molecule has 0 fully saturated rings. The van der Waals surface area contributed by atoms with E-state index in [-0.39, 0.29) is 12.5 Å². The molecule has 0 radical (unpaired) electrons. The van der Waals surface area contributed by atoms with Gasteiger partial charge in [0.2, 0.25) is 6.10 Å². The summed E-state index contributed by atoms with van der Waals surface area (Å²) >= 11 is 0. The molecule has 2 aromatic carbocycles. The molecule has 1 atom stereocenters. The number of hydrazone groups is 1. The molecular formula is C17H16N2O3. The fourth-order valence-corrected chi connectivity index (χ4v) is 2.10. The van der Waals surface area contributed by atoms with Gasteiger partial charge in [0.05, 0.1) is 5.71 Å². The van der Waals surface area contributed by atoms with E-state index in [1.54, 1.807) is 12.1 Å². The molecule has 0 saturated carbocycles. The minimum absolute atomic E-state index is 0.169. The second-order valence-electron chi connectivity index (χ2n) is 4.90. The Morgan fingerprint density at radius 1 is 1.09 bits per heavy atom. The van der Waals surface area contributed by atoms with Crippen LogP contribution in [-0.2, 0) is 4.79 Å². The van der Waals surface area contributed by atoms with Gasteiger partial charge in [-0.15, -0.1) is 0 Å². The lowest BCUT2D eigenvalue weighted by molar-refractivity contribution is -0.130. The third kappa shape index (κ3) is 3.09. The van der Waals surface area contributed by atoms with Crippen molar-refractivity contribution >= 4 is 11.6 Å². The van der Waals surface area contributed by atoms with Crippen molar-refractivity contribution in [2.75, 3.05) is 6.61 Å². The van der Waals surface area contributed by atoms with E-state index in [0.717, 1.165) is 11.3 Å². The van der Waals surface area contributed by atoms with Crippen LogP contribution in [0.2, 0.25) is 0 Å². The summed E-state index contributed by atoms with van der Waals surface area (Å²) in [5, 5.41) is 4.11. The number of benzene rings is 2. The number of nitrogens with zero attached hydrogens (tertiary/aromatic N) is 1. The van der Waals surface area contributed by atoms with E-state index in [2.05, 4.69) is 10.5 Å². The highest BCUT2D eigenvalue weighted by Gasteiger charge is 2.27. The van der Waals surface area contributed by atoms with Crippen molar-refractivity contribution in [3.63, 3.8) is 0 Å². The fraction of sp³-hybridized carbons (Fsp3) is 0.176. The van der Waals surface area contributed by atoms with E-state index in [1.807, 2.05) is 49.4 Å². The molecule has 1 aliphatic heterocycles. The summed E-state index contributed by atoms with van der Waals surface area (Å²) in [6.07, 6.45) is -0.706. The number of fused-ring (bicyclic) bond motifs is 1. The van der Waals surface area contributed by atoms with Crippen LogP contribution in [0.3, 0.4) is 0 Å². The van der Waals surface area contributed by atoms with E-state index in [9.17, 15) is 4.79 Å². The summed E-state index contributed by atoms with van der Waals surface area (Å²) in [4.78, 5) is 12.1. The number of carbonyl (C=O) groups is 1. The third-order valence-corrected chi connectivity index (χ3v) is 3.33. The zero-order valence-electron chi connectivity index (χ0n) is 12.2. The lowest BCUT2D eigenvalue weighted by atomic mass is 10.1. The van der Waals surface area contributed by atoms with E-state index in [1.165, 1.54) is 0 Å². The molecule has 5 nitrogen and oxygen atoms in total. The van der Waals surface area contributed by atoms with Gasteiger partial charge in [-0.2, -0.15) is 5.10 Å². The monoisotopic (exact) mass is 296 g/mol. The first-order valence-electron chi connectivity index (χ1n) is 7.02. The normalized spacial score (nSPS) is 17.0. The molecule has 0 aliphatic carbocycles. The van der Waals surface area contributed by atoms with Crippen molar-refractivity contribution in [1.29, 1.82) is 0 Å². The lowest BCUT2D eigenvalue weighted by Crippen LogP contribution is -2.42. The lowest BCUT2D eigenvalue weighted by Gasteiger charge is -2.24. The summed E-state index contributed by atoms with van der Waals surface area (Å²) < 4.78 is 11.1. The van der Waals surface area contributed by atoms with Crippen LogP contribution in [0.4, 0.5) is 0 Å². The van der Waals surface area contributed by atoms with E-state index in [0.29, 0.717) is 11.5 Å². The maximum atomic E-state index is 12.1. The van der Waals surface area contributed by atoms with Crippen LogP contribution in [0.1, 0.15) is 12.5 Å². The Kier molecular flexibility index (Phi) is 4.05. The van der Waals surface area contributed by atoms with Gasteiger partial charge in [-0.3, -0.25) is 4.79 Å². The molecule has 2 aromatic rings. The van der Waals surface area contributed by atoms with Gasteiger partial charge in [-0.05, 0) is 24.6 Å². The fourth-order valence-electron chi connectivity index (χ4n) is 2.10. The highest BCUT2D eigenvalue weighted by Crippen LogP contribution is 2.30. The molecular weight excluding hydrogens is 280 g/mol. The predicted octanol–water partition coefficient (Wildman–Crippen LogP) is 2.37. The zero-order valence-corrected chi connectivity index (χ0v) is 12.2. The van der Waals surface area contributed by atoms with E-state index < -0.39 is 6.10 Å². The number of hydrogen-bond acceptors (Lipinski definition) is 4. The molecule has 0 unspecified atom stereocenters. The quantitative estimate of drug-likeness (QED) is 0.698. The summed E-state index contributed by atoms with van der Waals surface area (Å²) in [7, 11) is 0. The average molecular weight is 296 g/mol. The molecule has 112 valence electrons. The van der Waals surface area contributed by atoms with Gasteiger partial charge in [0.25, 0.3) is 5.91 Å². The summed E-state index contributed by atoms with van der Waals surface area (Å²) in [5.41, 5.74) is 4.21. The maximum Gasteiger partial charge on any atom is 0.284 e. The van der Waals surface area contributed by atoms with Crippen LogP contribution < -0.4 is 14.9 Å². The summed E-state index contributed by atoms with van der Waals surface area (Å²) in [6.45, 7) is 2.01. The Balaban J connectivity index is 1.64. The Bertz CT molecular complexity index is 698. The molecule has 3 rings (SSSR count). The first-order chi connectivity index (χ1) is 10.7. The van der Waals surface area contributed by atoms with Crippen molar-refractivity contribution < 1.29 is 14.3 Å². The molecule has 1 amide bonds. The molecule has 0 spiro atoms. The smallest absolute Gasteiger partial charge is 0.284 e. The number of rotatable bonds is 3. The van der Waals surface area contributed by atoms with Crippen molar-refractivity contribution in [1.82, 2.24) is 5.43 Å². The van der Waals surface area contributed by atoms with Gasteiger partial charge in [0.1, 0.15) is 6.61 Å². The molecule has 1 N–H and O–H groups in total. The Hall–Kier alpha value is -2.82. The van der Waals surface area contributed by atoms with Crippen molar-refractivity contribution in [3.05, 3.63) is 60.2 Å². The molecule has 0 bridgehead atoms. The van der Waals surface area contributed by atoms with Gasteiger partial charge < -0.3 is 9.47 Å². The Morgan fingerprint density at radius 2 is 1.77 bits per heavy atom. The van der Waals surface area contributed by atoms with Crippen LogP contribution in [0.5, 0.6) is 11.5 Å². The van der Waals surface area contributed by atoms with E-state index in [4.69, 9.17) is 9.47 Å². The number of amides is 1. The Morgan fingerprint density at radius 3 is 2.55 bits per heavy atom. The second-order valence-corrected chi connectivity index (χ2v) is 4.90. The molecule has 1 aliphatic rings. The minimum Gasteiger partial charge on any atom is -0.485 e. The minimum atomic E-state index is -0.706. The van der Waals surface area contributed by atoms with Crippen molar-refractivity contribution in [3.8, 4) is 11.5 Å². The summed E-state index contributed by atoms with van der Waals surface area (Å²) in [5.74, 6) is 0.887. The number of para-hydroxylation sites is 2. The topological polar surface area (TPSA) is 59.9 Å².